The third-order valence-electron chi connectivity index (χ3n) is 2.03. The third kappa shape index (κ3) is 3.59. The fraction of sp³-hybridized carbons (Fsp3) is 0.143. The molecule has 4 heteroatoms. The largest absolute Gasteiger partial charge is 1.00 e. The van der Waals surface area contributed by atoms with Crippen LogP contribution in [0.15, 0.2) is 49.6 Å². The Kier molecular flexibility index (Phi) is 5.38. The Morgan fingerprint density at radius 3 is 1.72 bits per heavy atom. The van der Waals surface area contributed by atoms with Gasteiger partial charge in [0.05, 0.1) is 11.1 Å². The number of rotatable bonds is 6. The summed E-state index contributed by atoms with van der Waals surface area (Å²) in [6, 6.07) is 6.31. The van der Waals surface area contributed by atoms with Gasteiger partial charge >= 0.3 is 13.4 Å². The van der Waals surface area contributed by atoms with Crippen molar-refractivity contribution in [2.24, 2.45) is 0 Å². The number of benzene rings is 1. The van der Waals surface area contributed by atoms with Crippen molar-refractivity contribution in [2.45, 2.75) is 0 Å². The molecule has 0 fully saturated rings. The average Bonchev–Trinajstić information content (AvgIpc) is 2.42. The standard InChI is InChI=1S/C14H14O4/c1-3-9-17-13(15)11-7-5-6-8-12(11)14(16)18-10-4-2/h3-8H,1-2,9-10H2/p+1. The molecule has 0 heterocycles. The second-order valence-corrected chi connectivity index (χ2v) is 3.32. The van der Waals surface area contributed by atoms with E-state index >= 15 is 0 Å². The molecule has 94 valence electrons. The van der Waals surface area contributed by atoms with Gasteiger partial charge in [0.15, 0.2) is 0 Å². The monoisotopic (exact) mass is 247 g/mol. The SMILES string of the molecule is C=CCOC(=O)c1ccccc1C(=O)OCC=C.[H+]. The smallest absolute Gasteiger partial charge is 0.458 e. The van der Waals surface area contributed by atoms with Crippen LogP contribution in [-0.4, -0.2) is 25.2 Å². The first kappa shape index (κ1) is 13.7. The first-order valence-electron chi connectivity index (χ1n) is 5.35. The molecule has 1 aromatic rings. The molecule has 0 aliphatic heterocycles. The van der Waals surface area contributed by atoms with E-state index in [1.54, 1.807) is 12.1 Å². The lowest BCUT2D eigenvalue weighted by Gasteiger charge is -2.07. The molecule has 0 bridgehead atoms. The molecular weight excluding hydrogens is 232 g/mol. The van der Waals surface area contributed by atoms with E-state index in [0.717, 1.165) is 0 Å². The lowest BCUT2D eigenvalue weighted by molar-refractivity contribution is 0.0503. The highest BCUT2D eigenvalue weighted by atomic mass is 16.5. The number of carbonyl (C=O) groups is 2. The molecule has 0 unspecified atom stereocenters. The van der Waals surface area contributed by atoms with E-state index in [0.29, 0.717) is 0 Å². The Morgan fingerprint density at radius 1 is 1.00 bits per heavy atom. The zero-order valence-electron chi connectivity index (χ0n) is 10.9. The van der Waals surface area contributed by atoms with Gasteiger partial charge in [0.2, 0.25) is 0 Å². The number of esters is 2. The number of hydrogen-bond donors (Lipinski definition) is 0. The molecule has 0 spiro atoms. The van der Waals surface area contributed by atoms with Crippen molar-refractivity contribution in [1.82, 2.24) is 0 Å². The maximum Gasteiger partial charge on any atom is 1.00 e. The molecular formula is C14H15O4+. The minimum atomic E-state index is -0.582. The summed E-state index contributed by atoms with van der Waals surface area (Å²) in [5.41, 5.74) is 0.349. The van der Waals surface area contributed by atoms with Crippen LogP contribution in [0.4, 0.5) is 0 Å². The maximum absolute atomic E-state index is 11.7. The van der Waals surface area contributed by atoms with Crippen LogP contribution in [0.3, 0.4) is 0 Å². The summed E-state index contributed by atoms with van der Waals surface area (Å²) < 4.78 is 9.78. The third-order valence-corrected chi connectivity index (χ3v) is 2.03. The number of hydrogen-bond acceptors (Lipinski definition) is 4. The first-order chi connectivity index (χ1) is 8.70. The summed E-state index contributed by atoms with van der Waals surface area (Å²) in [6.45, 7) is 7.07. The number of carbonyl (C=O) groups excluding carboxylic acids is 2. The van der Waals surface area contributed by atoms with E-state index in [1.165, 1.54) is 24.3 Å². The van der Waals surface area contributed by atoms with Gasteiger partial charge < -0.3 is 9.47 Å². The minimum absolute atomic E-state index is 0. The molecule has 0 saturated carbocycles. The molecule has 0 aromatic heterocycles. The highest BCUT2D eigenvalue weighted by Gasteiger charge is 2.18. The molecule has 0 amide bonds. The van der Waals surface area contributed by atoms with Gasteiger partial charge in [-0.15, -0.1) is 0 Å². The van der Waals surface area contributed by atoms with E-state index in [-0.39, 0.29) is 25.8 Å². The van der Waals surface area contributed by atoms with E-state index < -0.39 is 11.9 Å². The van der Waals surface area contributed by atoms with E-state index in [4.69, 9.17) is 9.47 Å². The molecule has 0 radical (unpaired) electrons. The number of ether oxygens (including phenoxy) is 2. The summed E-state index contributed by atoms with van der Waals surface area (Å²) in [5.74, 6) is -1.16. The van der Waals surface area contributed by atoms with Crippen LogP contribution in [0.5, 0.6) is 0 Å². The Balaban J connectivity index is 0.00000324. The van der Waals surface area contributed by atoms with Crippen LogP contribution in [0, 0.1) is 0 Å². The van der Waals surface area contributed by atoms with Crippen LogP contribution in [-0.2, 0) is 9.47 Å². The van der Waals surface area contributed by atoms with Gasteiger partial charge in [0, 0.05) is 0 Å². The zero-order valence-corrected chi connectivity index (χ0v) is 9.93. The second kappa shape index (κ2) is 7.06. The van der Waals surface area contributed by atoms with E-state index in [9.17, 15) is 9.59 Å². The predicted molar refractivity (Wildman–Crippen MR) is 68.5 cm³/mol. The molecule has 18 heavy (non-hydrogen) atoms. The van der Waals surface area contributed by atoms with Crippen molar-refractivity contribution in [2.75, 3.05) is 13.2 Å². The van der Waals surface area contributed by atoms with Crippen molar-refractivity contribution in [3.63, 3.8) is 0 Å². The molecule has 0 saturated heterocycles. The van der Waals surface area contributed by atoms with Crippen molar-refractivity contribution in [3.05, 3.63) is 60.7 Å². The molecule has 0 aliphatic rings. The lowest BCUT2D eigenvalue weighted by atomic mass is 10.1. The maximum atomic E-state index is 11.7. The molecule has 4 nitrogen and oxygen atoms in total. The molecule has 0 atom stereocenters. The highest BCUT2D eigenvalue weighted by Crippen LogP contribution is 2.12. The Labute approximate surface area is 107 Å². The van der Waals surface area contributed by atoms with Gasteiger partial charge in [0.1, 0.15) is 13.2 Å². The quantitative estimate of drug-likeness (QED) is 0.572. The van der Waals surface area contributed by atoms with Crippen molar-refractivity contribution < 1.29 is 20.5 Å². The summed E-state index contributed by atoms with van der Waals surface area (Å²) >= 11 is 0. The van der Waals surface area contributed by atoms with Crippen LogP contribution in [0.2, 0.25) is 0 Å². The normalized spacial score (nSPS) is 9.33. The average molecular weight is 247 g/mol. The van der Waals surface area contributed by atoms with Gasteiger partial charge in [-0.25, -0.2) is 9.59 Å². The van der Waals surface area contributed by atoms with Crippen LogP contribution < -0.4 is 0 Å². The summed E-state index contributed by atoms with van der Waals surface area (Å²) in [7, 11) is 0. The highest BCUT2D eigenvalue weighted by molar-refractivity contribution is 6.03. The van der Waals surface area contributed by atoms with Crippen LogP contribution in [0.25, 0.3) is 0 Å². The molecule has 0 aliphatic carbocycles. The van der Waals surface area contributed by atoms with Gasteiger partial charge in [-0.3, -0.25) is 0 Å². The lowest BCUT2D eigenvalue weighted by Crippen LogP contribution is -2.14. The second-order valence-electron chi connectivity index (χ2n) is 3.32. The Hall–Kier alpha value is -2.36. The summed E-state index contributed by atoms with van der Waals surface area (Å²) in [5, 5.41) is 0. The van der Waals surface area contributed by atoms with Gasteiger partial charge in [-0.05, 0) is 12.1 Å². The van der Waals surface area contributed by atoms with Gasteiger partial charge in [-0.2, -0.15) is 0 Å². The minimum Gasteiger partial charge on any atom is -0.458 e. The van der Waals surface area contributed by atoms with E-state index in [1.807, 2.05) is 0 Å². The summed E-state index contributed by atoms with van der Waals surface area (Å²) in [6.07, 6.45) is 2.91. The topological polar surface area (TPSA) is 52.6 Å². The molecule has 1 rings (SSSR count). The molecule has 0 N–H and O–H groups in total. The van der Waals surface area contributed by atoms with Crippen LogP contribution in [0.1, 0.15) is 22.1 Å². The predicted octanol–water partition coefficient (Wildman–Crippen LogP) is 2.48. The van der Waals surface area contributed by atoms with E-state index in [2.05, 4.69) is 13.2 Å². The Bertz CT molecular complexity index is 425. The Morgan fingerprint density at radius 2 is 1.39 bits per heavy atom. The fourth-order valence-electron chi connectivity index (χ4n) is 1.26. The van der Waals surface area contributed by atoms with Crippen molar-refractivity contribution >= 4 is 11.9 Å². The summed E-state index contributed by atoms with van der Waals surface area (Å²) in [4.78, 5) is 23.4. The van der Waals surface area contributed by atoms with Gasteiger partial charge in [0.25, 0.3) is 0 Å². The van der Waals surface area contributed by atoms with Crippen molar-refractivity contribution in [3.8, 4) is 0 Å². The van der Waals surface area contributed by atoms with Gasteiger partial charge in [-0.1, -0.05) is 37.4 Å². The molecule has 1 aromatic carbocycles. The van der Waals surface area contributed by atoms with Crippen LogP contribution >= 0.6 is 0 Å². The van der Waals surface area contributed by atoms with Crippen molar-refractivity contribution in [1.29, 1.82) is 0 Å². The zero-order chi connectivity index (χ0) is 13.4. The fourth-order valence-corrected chi connectivity index (χ4v) is 1.26. The first-order valence-corrected chi connectivity index (χ1v) is 5.35.